The van der Waals surface area contributed by atoms with Gasteiger partial charge in [-0.1, -0.05) is 24.3 Å². The van der Waals surface area contributed by atoms with Crippen molar-refractivity contribution in [3.63, 3.8) is 0 Å². The fourth-order valence-corrected chi connectivity index (χ4v) is 2.90. The van der Waals surface area contributed by atoms with Gasteiger partial charge < -0.3 is 29.5 Å². The van der Waals surface area contributed by atoms with Gasteiger partial charge in [0.15, 0.2) is 18.6 Å². The number of aliphatic hydroxyl groups is 3. The number of esters is 2. The first-order valence-electron chi connectivity index (χ1n) is 9.18. The van der Waals surface area contributed by atoms with Crippen molar-refractivity contribution >= 4 is 11.9 Å². The van der Waals surface area contributed by atoms with Gasteiger partial charge in [-0.25, -0.2) is 14.0 Å². The molecule has 0 bridgehead atoms. The number of carbonyl (C=O) groups is 2. The average Bonchev–Trinajstić information content (AvgIpc) is 3.05. The van der Waals surface area contributed by atoms with Crippen LogP contribution < -0.4 is 0 Å². The molecule has 1 fully saturated rings. The van der Waals surface area contributed by atoms with E-state index in [0.717, 1.165) is 0 Å². The van der Waals surface area contributed by atoms with Gasteiger partial charge in [0, 0.05) is 0 Å². The Hall–Kier alpha value is -2.85. The van der Waals surface area contributed by atoms with Gasteiger partial charge >= 0.3 is 11.9 Å². The summed E-state index contributed by atoms with van der Waals surface area (Å²) in [6.07, 6.45) is -6.52. The van der Waals surface area contributed by atoms with Crippen LogP contribution in [-0.4, -0.2) is 58.5 Å². The molecule has 160 valence electrons. The Morgan fingerprint density at radius 1 is 0.900 bits per heavy atom. The van der Waals surface area contributed by atoms with E-state index in [1.165, 1.54) is 36.4 Å². The lowest BCUT2D eigenvalue weighted by Gasteiger charge is -2.19. The molecule has 2 aromatic carbocycles. The van der Waals surface area contributed by atoms with Gasteiger partial charge in [0.05, 0.1) is 24.3 Å². The molecule has 0 aromatic heterocycles. The maximum atomic E-state index is 14.3. The summed E-state index contributed by atoms with van der Waals surface area (Å²) in [5, 5.41) is 27.7. The lowest BCUT2D eigenvalue weighted by atomic mass is 10.1. The largest absolute Gasteiger partial charge is 0.459 e. The van der Waals surface area contributed by atoms with E-state index in [-0.39, 0.29) is 24.3 Å². The van der Waals surface area contributed by atoms with Gasteiger partial charge in [0.1, 0.15) is 12.7 Å². The molecule has 30 heavy (non-hydrogen) atoms. The molecule has 3 rings (SSSR count). The minimum Gasteiger partial charge on any atom is -0.459 e. The zero-order valence-corrected chi connectivity index (χ0v) is 15.8. The molecule has 3 N–H and O–H groups in total. The monoisotopic (exact) mass is 420 g/mol. The number of rotatable bonds is 7. The van der Waals surface area contributed by atoms with Crippen LogP contribution in [0.5, 0.6) is 0 Å². The Kier molecular flexibility index (Phi) is 7.11. The van der Waals surface area contributed by atoms with E-state index in [4.69, 9.17) is 24.4 Å². The summed E-state index contributed by atoms with van der Waals surface area (Å²) in [5.41, 5.74) is 1.54. The van der Waals surface area contributed by atoms with E-state index in [1.54, 1.807) is 12.1 Å². The topological polar surface area (TPSA) is 123 Å². The van der Waals surface area contributed by atoms with E-state index in [0.29, 0.717) is 11.1 Å². The van der Waals surface area contributed by atoms with Gasteiger partial charge in [0.25, 0.3) is 0 Å². The minimum atomic E-state index is -2.02. The van der Waals surface area contributed by atoms with Gasteiger partial charge in [-0.2, -0.15) is 0 Å². The summed E-state index contributed by atoms with van der Waals surface area (Å²) in [5.74, 6) is -1.56. The lowest BCUT2D eigenvalue weighted by molar-refractivity contribution is -0.122. The molecular formula is C21H21FO8. The molecule has 4 atom stereocenters. The third kappa shape index (κ3) is 5.00. The van der Waals surface area contributed by atoms with E-state index in [9.17, 15) is 19.1 Å². The van der Waals surface area contributed by atoms with Crippen molar-refractivity contribution in [1.82, 2.24) is 0 Å². The first-order chi connectivity index (χ1) is 14.4. The summed E-state index contributed by atoms with van der Waals surface area (Å²) < 4.78 is 29.6. The highest BCUT2D eigenvalue weighted by Gasteiger charge is 2.47. The molecule has 9 heteroatoms. The zero-order valence-electron chi connectivity index (χ0n) is 15.8. The van der Waals surface area contributed by atoms with Crippen LogP contribution in [0.4, 0.5) is 4.39 Å². The number of aliphatic hydroxyl groups excluding tert-OH is 3. The number of ether oxygens (including phenoxy) is 3. The summed E-state index contributed by atoms with van der Waals surface area (Å²) in [6, 6.07) is 11.9. The quantitative estimate of drug-likeness (QED) is 0.570. The second kappa shape index (κ2) is 9.77. The predicted molar refractivity (Wildman–Crippen MR) is 100.0 cm³/mol. The molecule has 2 unspecified atom stereocenters. The van der Waals surface area contributed by atoms with E-state index in [2.05, 4.69) is 0 Å². The van der Waals surface area contributed by atoms with Gasteiger partial charge in [-0.3, -0.25) is 0 Å². The summed E-state index contributed by atoms with van der Waals surface area (Å²) in [4.78, 5) is 24.5. The predicted octanol–water partition coefficient (Wildman–Crippen LogP) is 1.11. The molecule has 1 saturated heterocycles. The maximum Gasteiger partial charge on any atom is 0.338 e. The van der Waals surface area contributed by atoms with Crippen molar-refractivity contribution in [2.75, 3.05) is 6.61 Å². The SMILES string of the molecule is O=C(OCC1OC(O)[C@@H](F)[C@@H]1OC(=O)c1ccc(CO)cc1)c1ccc(CO)cc1. The Bertz CT molecular complexity index is 868. The third-order valence-corrected chi connectivity index (χ3v) is 4.63. The number of benzene rings is 2. The molecule has 1 aliphatic heterocycles. The highest BCUT2D eigenvalue weighted by atomic mass is 19.1. The minimum absolute atomic E-state index is 0.125. The fourth-order valence-electron chi connectivity index (χ4n) is 2.90. The Balaban J connectivity index is 1.62. The lowest BCUT2D eigenvalue weighted by Crippen LogP contribution is -2.37. The van der Waals surface area contributed by atoms with Crippen molar-refractivity contribution in [1.29, 1.82) is 0 Å². The maximum absolute atomic E-state index is 14.3. The molecule has 0 amide bonds. The van der Waals surface area contributed by atoms with Crippen LogP contribution in [0.1, 0.15) is 31.8 Å². The molecule has 1 aliphatic rings. The number of hydrogen-bond donors (Lipinski definition) is 3. The van der Waals surface area contributed by atoms with Crippen LogP contribution in [0.25, 0.3) is 0 Å². The molecule has 0 spiro atoms. The van der Waals surface area contributed by atoms with Crippen molar-refractivity contribution in [2.45, 2.75) is 37.9 Å². The van der Waals surface area contributed by atoms with Gasteiger partial charge in [-0.05, 0) is 35.4 Å². The van der Waals surface area contributed by atoms with Crippen molar-refractivity contribution in [2.24, 2.45) is 0 Å². The fraction of sp³-hybridized carbons (Fsp3) is 0.333. The van der Waals surface area contributed by atoms with Gasteiger partial charge in [0.2, 0.25) is 0 Å². The van der Waals surface area contributed by atoms with Crippen molar-refractivity contribution in [3.8, 4) is 0 Å². The molecule has 2 aromatic rings. The van der Waals surface area contributed by atoms with Gasteiger partial charge in [-0.15, -0.1) is 0 Å². The third-order valence-electron chi connectivity index (χ3n) is 4.63. The number of carbonyl (C=O) groups excluding carboxylic acids is 2. The van der Waals surface area contributed by atoms with Crippen LogP contribution >= 0.6 is 0 Å². The first-order valence-corrected chi connectivity index (χ1v) is 9.18. The van der Waals surface area contributed by atoms with Crippen LogP contribution in [0.15, 0.2) is 48.5 Å². The van der Waals surface area contributed by atoms with Crippen LogP contribution in [0.2, 0.25) is 0 Å². The molecular weight excluding hydrogens is 399 g/mol. The van der Waals surface area contributed by atoms with Crippen LogP contribution in [0.3, 0.4) is 0 Å². The Morgan fingerprint density at radius 2 is 1.40 bits per heavy atom. The standard InChI is InChI=1S/C21H21FO8/c22-17-18(30-20(26)15-7-3-13(10-24)4-8-15)16(29-21(17)27)11-28-19(25)14-5-1-12(9-23)2-6-14/h1-8,16-18,21,23-24,27H,9-11H2/t16?,17-,18+,21?/m0/s1. The molecule has 0 radical (unpaired) electrons. The number of halogens is 1. The van der Waals surface area contributed by atoms with E-state index >= 15 is 0 Å². The van der Waals surface area contributed by atoms with Crippen LogP contribution in [0, 0.1) is 0 Å². The zero-order chi connectivity index (χ0) is 21.7. The molecule has 0 aliphatic carbocycles. The van der Waals surface area contributed by atoms with E-state index < -0.39 is 43.2 Å². The second-order valence-corrected chi connectivity index (χ2v) is 6.69. The van der Waals surface area contributed by atoms with Crippen molar-refractivity contribution < 1.29 is 43.5 Å². The molecule has 8 nitrogen and oxygen atoms in total. The molecule has 0 saturated carbocycles. The normalized spacial score (nSPS) is 23.2. The summed E-state index contributed by atoms with van der Waals surface area (Å²) in [6.45, 7) is -0.809. The number of alkyl halides is 1. The van der Waals surface area contributed by atoms with E-state index in [1.807, 2.05) is 0 Å². The summed E-state index contributed by atoms with van der Waals surface area (Å²) in [7, 11) is 0. The van der Waals surface area contributed by atoms with Crippen LogP contribution in [-0.2, 0) is 27.4 Å². The first kappa shape index (κ1) is 21.8. The Labute approximate surface area is 171 Å². The smallest absolute Gasteiger partial charge is 0.338 e. The second-order valence-electron chi connectivity index (χ2n) is 6.69. The molecule has 1 heterocycles. The highest BCUT2D eigenvalue weighted by Crippen LogP contribution is 2.27. The Morgan fingerprint density at radius 3 is 1.90 bits per heavy atom. The number of hydrogen-bond acceptors (Lipinski definition) is 8. The highest BCUT2D eigenvalue weighted by molar-refractivity contribution is 5.90. The summed E-state index contributed by atoms with van der Waals surface area (Å²) >= 11 is 0. The average molecular weight is 420 g/mol. The van der Waals surface area contributed by atoms with Crippen molar-refractivity contribution in [3.05, 3.63) is 70.8 Å².